The smallest absolute Gasteiger partial charge is 0.219 e. The third kappa shape index (κ3) is 4.41. The van der Waals surface area contributed by atoms with Gasteiger partial charge in [0.15, 0.2) is 0 Å². The maximum atomic E-state index is 11.6. The summed E-state index contributed by atoms with van der Waals surface area (Å²) in [5.74, 6) is 0.620. The minimum atomic E-state index is 0.129. The van der Waals surface area contributed by atoms with Crippen molar-refractivity contribution in [3.05, 3.63) is 60.3 Å². The van der Waals surface area contributed by atoms with Crippen LogP contribution in [0.1, 0.15) is 38.2 Å². The van der Waals surface area contributed by atoms with Crippen LogP contribution in [0, 0.1) is 17.2 Å². The predicted molar refractivity (Wildman–Crippen MR) is 115 cm³/mol. The lowest BCUT2D eigenvalue weighted by molar-refractivity contribution is -0.121. The molecule has 0 bridgehead atoms. The van der Waals surface area contributed by atoms with Crippen molar-refractivity contribution in [1.82, 2.24) is 20.3 Å². The molecule has 4 rings (SSSR count). The highest BCUT2D eigenvalue weighted by molar-refractivity contribution is 5.75. The number of aromatic nitrogens is 3. The molecule has 1 aliphatic carbocycles. The first-order valence-electron chi connectivity index (χ1n) is 10.4. The highest BCUT2D eigenvalue weighted by atomic mass is 16.1. The van der Waals surface area contributed by atoms with Crippen LogP contribution < -0.4 is 5.32 Å². The molecule has 6 heteroatoms. The summed E-state index contributed by atoms with van der Waals surface area (Å²) in [6.45, 7) is 2.70. The second kappa shape index (κ2) is 8.91. The number of carbonyl (C=O) groups excluding carboxylic acids is 1. The van der Waals surface area contributed by atoms with Crippen LogP contribution in [0.15, 0.2) is 54.7 Å². The van der Waals surface area contributed by atoms with Gasteiger partial charge in [0.2, 0.25) is 5.91 Å². The van der Waals surface area contributed by atoms with Crippen molar-refractivity contribution in [2.24, 2.45) is 5.92 Å². The Kier molecular flexibility index (Phi) is 5.89. The summed E-state index contributed by atoms with van der Waals surface area (Å²) in [7, 11) is 0. The van der Waals surface area contributed by atoms with Gasteiger partial charge in [0.1, 0.15) is 0 Å². The molecule has 1 N–H and O–H groups in total. The summed E-state index contributed by atoms with van der Waals surface area (Å²) >= 11 is 0. The fourth-order valence-corrected chi connectivity index (χ4v) is 4.13. The second-order valence-corrected chi connectivity index (χ2v) is 7.86. The highest BCUT2D eigenvalue weighted by Crippen LogP contribution is 2.29. The van der Waals surface area contributed by atoms with Gasteiger partial charge in [-0.15, -0.1) is 5.10 Å². The van der Waals surface area contributed by atoms with Crippen molar-refractivity contribution in [2.45, 2.75) is 45.2 Å². The number of nitrogens with one attached hydrogen (secondary N) is 1. The number of benzene rings is 2. The van der Waals surface area contributed by atoms with Gasteiger partial charge in [-0.1, -0.05) is 48.5 Å². The van der Waals surface area contributed by atoms with Gasteiger partial charge in [0.05, 0.1) is 23.5 Å². The van der Waals surface area contributed by atoms with Crippen LogP contribution in [0.4, 0.5) is 0 Å². The Hall–Kier alpha value is -3.46. The van der Waals surface area contributed by atoms with Gasteiger partial charge in [-0.25, -0.2) is 4.68 Å². The molecule has 2 atom stereocenters. The molecule has 6 nitrogen and oxygen atoms in total. The van der Waals surface area contributed by atoms with E-state index in [0.29, 0.717) is 17.9 Å². The molecule has 30 heavy (non-hydrogen) atoms. The van der Waals surface area contributed by atoms with E-state index in [1.54, 1.807) is 0 Å². The van der Waals surface area contributed by atoms with Crippen LogP contribution in [0.2, 0.25) is 0 Å². The minimum absolute atomic E-state index is 0.129. The summed E-state index contributed by atoms with van der Waals surface area (Å²) in [5.41, 5.74) is 4.92. The lowest BCUT2D eigenvalue weighted by Gasteiger charge is -2.14. The largest absolute Gasteiger partial charge is 0.353 e. The maximum Gasteiger partial charge on any atom is 0.219 e. The second-order valence-electron chi connectivity index (χ2n) is 7.86. The van der Waals surface area contributed by atoms with Gasteiger partial charge in [-0.3, -0.25) is 4.79 Å². The quantitative estimate of drug-likeness (QED) is 0.674. The van der Waals surface area contributed by atoms with E-state index in [0.717, 1.165) is 48.2 Å². The number of nitriles is 1. The van der Waals surface area contributed by atoms with Crippen LogP contribution >= 0.6 is 0 Å². The topological polar surface area (TPSA) is 83.6 Å². The number of carbonyl (C=O) groups is 1. The first-order chi connectivity index (χ1) is 14.7. The molecule has 1 saturated carbocycles. The van der Waals surface area contributed by atoms with Crippen molar-refractivity contribution in [2.75, 3.05) is 0 Å². The van der Waals surface area contributed by atoms with Crippen LogP contribution in [-0.2, 0) is 11.3 Å². The van der Waals surface area contributed by atoms with Gasteiger partial charge in [-0.2, -0.15) is 5.26 Å². The molecule has 1 fully saturated rings. The summed E-state index contributed by atoms with van der Waals surface area (Å²) in [5, 5.41) is 20.5. The molecule has 1 amide bonds. The SMILES string of the molecule is CCC(=O)NC1CCC(Cn2nncc2-c2ccc(-c3ccc(C#N)cc3)cc2)C1. The molecule has 2 unspecified atom stereocenters. The van der Waals surface area contributed by atoms with E-state index in [2.05, 4.69) is 46.0 Å². The Labute approximate surface area is 176 Å². The Balaban J connectivity index is 1.44. The molecule has 152 valence electrons. The highest BCUT2D eigenvalue weighted by Gasteiger charge is 2.26. The van der Waals surface area contributed by atoms with Gasteiger partial charge in [-0.05, 0) is 48.4 Å². The Bertz CT molecular complexity index is 1050. The summed E-state index contributed by atoms with van der Waals surface area (Å²) in [6, 6.07) is 18.4. The fourth-order valence-electron chi connectivity index (χ4n) is 4.13. The first-order valence-corrected chi connectivity index (χ1v) is 10.4. The van der Waals surface area contributed by atoms with E-state index in [-0.39, 0.29) is 11.9 Å². The molecule has 0 radical (unpaired) electrons. The van der Waals surface area contributed by atoms with Crippen LogP contribution in [0.25, 0.3) is 22.4 Å². The van der Waals surface area contributed by atoms with E-state index < -0.39 is 0 Å². The number of rotatable bonds is 6. The molecule has 1 aliphatic rings. The van der Waals surface area contributed by atoms with E-state index in [9.17, 15) is 4.79 Å². The van der Waals surface area contributed by atoms with Crippen LogP contribution in [0.5, 0.6) is 0 Å². The Morgan fingerprint density at radius 3 is 2.43 bits per heavy atom. The molecule has 0 aliphatic heterocycles. The summed E-state index contributed by atoms with van der Waals surface area (Å²) in [4.78, 5) is 11.6. The van der Waals surface area contributed by atoms with E-state index in [4.69, 9.17) is 5.26 Å². The summed E-state index contributed by atoms with van der Waals surface area (Å²) in [6.07, 6.45) is 5.45. The zero-order valence-corrected chi connectivity index (χ0v) is 17.1. The standard InChI is InChI=1S/C24H25N5O/c1-2-24(30)27-22-12-5-18(13-22)16-29-23(15-26-28-29)21-10-8-20(9-11-21)19-6-3-17(14-25)4-7-19/h3-4,6-11,15,18,22H,2,5,12-13,16H2,1H3,(H,27,30). The van der Waals surface area contributed by atoms with E-state index in [1.165, 1.54) is 0 Å². The normalized spacial score (nSPS) is 18.1. The molecule has 1 aromatic heterocycles. The molecular weight excluding hydrogens is 374 g/mol. The Morgan fingerprint density at radius 1 is 1.10 bits per heavy atom. The lowest BCUT2D eigenvalue weighted by atomic mass is 10.0. The molecule has 3 aromatic rings. The van der Waals surface area contributed by atoms with Gasteiger partial charge in [0.25, 0.3) is 0 Å². The molecule has 1 heterocycles. The maximum absolute atomic E-state index is 11.6. The van der Waals surface area contributed by atoms with E-state index >= 15 is 0 Å². The third-order valence-electron chi connectivity index (χ3n) is 5.80. The lowest BCUT2D eigenvalue weighted by Crippen LogP contribution is -2.32. The van der Waals surface area contributed by atoms with Crippen molar-refractivity contribution in [1.29, 1.82) is 5.26 Å². The van der Waals surface area contributed by atoms with Gasteiger partial charge >= 0.3 is 0 Å². The van der Waals surface area contributed by atoms with Crippen molar-refractivity contribution in [3.63, 3.8) is 0 Å². The monoisotopic (exact) mass is 399 g/mol. The number of nitrogens with zero attached hydrogens (tertiary/aromatic N) is 4. The van der Waals surface area contributed by atoms with E-state index in [1.807, 2.05) is 42.1 Å². The molecule has 0 saturated heterocycles. The minimum Gasteiger partial charge on any atom is -0.353 e. The van der Waals surface area contributed by atoms with Gasteiger partial charge in [0, 0.05) is 24.6 Å². The first kappa shape index (κ1) is 19.8. The fraction of sp³-hybridized carbons (Fsp3) is 0.333. The predicted octanol–water partition coefficient (Wildman–Crippen LogP) is 4.18. The van der Waals surface area contributed by atoms with Crippen LogP contribution in [-0.4, -0.2) is 26.9 Å². The third-order valence-corrected chi connectivity index (χ3v) is 5.80. The average Bonchev–Trinajstić information content (AvgIpc) is 3.43. The Morgan fingerprint density at radius 2 is 1.77 bits per heavy atom. The zero-order valence-electron chi connectivity index (χ0n) is 17.1. The number of hydrogen-bond donors (Lipinski definition) is 1. The zero-order chi connectivity index (χ0) is 20.9. The average molecular weight is 399 g/mol. The number of amides is 1. The van der Waals surface area contributed by atoms with Crippen molar-refractivity contribution < 1.29 is 4.79 Å². The molecular formula is C24H25N5O. The van der Waals surface area contributed by atoms with Crippen LogP contribution in [0.3, 0.4) is 0 Å². The molecule has 2 aromatic carbocycles. The number of hydrogen-bond acceptors (Lipinski definition) is 4. The molecule has 0 spiro atoms. The summed E-state index contributed by atoms with van der Waals surface area (Å²) < 4.78 is 1.98. The van der Waals surface area contributed by atoms with Crippen molar-refractivity contribution in [3.8, 4) is 28.5 Å². The van der Waals surface area contributed by atoms with Crippen molar-refractivity contribution >= 4 is 5.91 Å². The van der Waals surface area contributed by atoms with Gasteiger partial charge < -0.3 is 5.32 Å².